The van der Waals surface area contributed by atoms with Crippen LogP contribution in [0.1, 0.15) is 19.4 Å². The smallest absolute Gasteiger partial charge is 0.121 e. The van der Waals surface area contributed by atoms with Gasteiger partial charge in [-0.2, -0.15) is 5.26 Å². The first kappa shape index (κ1) is 9.60. The average Bonchev–Trinajstić information content (AvgIpc) is 2.15. The molecular formula is C11H12NO. The molecule has 0 spiro atoms. The van der Waals surface area contributed by atoms with E-state index in [-0.39, 0.29) is 0 Å². The molecule has 1 radical (unpaired) electrons. The highest BCUT2D eigenvalue weighted by Gasteiger charge is 1.97. The van der Waals surface area contributed by atoms with Gasteiger partial charge >= 0.3 is 0 Å². The molecule has 0 saturated carbocycles. The van der Waals surface area contributed by atoms with Crippen LogP contribution >= 0.6 is 0 Å². The highest BCUT2D eigenvalue weighted by atomic mass is 16.5. The van der Waals surface area contributed by atoms with Crippen molar-refractivity contribution in [3.05, 3.63) is 29.8 Å². The molecule has 2 heteroatoms. The van der Waals surface area contributed by atoms with Crippen LogP contribution in [0.3, 0.4) is 0 Å². The Hall–Kier alpha value is -1.49. The Morgan fingerprint density at radius 2 is 2.31 bits per heavy atom. The largest absolute Gasteiger partial charge is 0.493 e. The van der Waals surface area contributed by atoms with Crippen LogP contribution in [0.4, 0.5) is 0 Å². The Bertz CT molecular complexity index is 312. The summed E-state index contributed by atoms with van der Waals surface area (Å²) in [7, 11) is 0. The van der Waals surface area contributed by atoms with E-state index in [2.05, 4.69) is 19.9 Å². The van der Waals surface area contributed by atoms with Gasteiger partial charge < -0.3 is 4.74 Å². The van der Waals surface area contributed by atoms with Crippen molar-refractivity contribution in [2.24, 2.45) is 5.92 Å². The lowest BCUT2D eigenvalue weighted by Crippen LogP contribution is -2.04. The summed E-state index contributed by atoms with van der Waals surface area (Å²) in [6.07, 6.45) is 0. The van der Waals surface area contributed by atoms with Gasteiger partial charge in [-0.15, -0.1) is 0 Å². The molecule has 0 aliphatic heterocycles. The summed E-state index contributed by atoms with van der Waals surface area (Å²) in [5, 5.41) is 8.61. The van der Waals surface area contributed by atoms with Crippen molar-refractivity contribution in [3.8, 4) is 11.8 Å². The SMILES string of the molecule is CC(C)COc1c[c]cc(C#N)c1. The molecule has 1 rings (SSSR count). The molecule has 2 nitrogen and oxygen atoms in total. The number of hydrogen-bond acceptors (Lipinski definition) is 2. The molecule has 0 fully saturated rings. The van der Waals surface area contributed by atoms with E-state index in [0.717, 1.165) is 0 Å². The lowest BCUT2D eigenvalue weighted by molar-refractivity contribution is 0.271. The molecule has 0 unspecified atom stereocenters. The molecule has 0 heterocycles. The van der Waals surface area contributed by atoms with Crippen molar-refractivity contribution < 1.29 is 4.74 Å². The Balaban J connectivity index is 2.63. The number of nitriles is 1. The Morgan fingerprint density at radius 1 is 1.54 bits per heavy atom. The van der Waals surface area contributed by atoms with Crippen LogP contribution < -0.4 is 4.74 Å². The topological polar surface area (TPSA) is 33.0 Å². The van der Waals surface area contributed by atoms with E-state index in [1.807, 2.05) is 6.07 Å². The summed E-state index contributed by atoms with van der Waals surface area (Å²) in [5.74, 6) is 1.21. The van der Waals surface area contributed by atoms with Crippen LogP contribution in [-0.4, -0.2) is 6.61 Å². The molecule has 0 aliphatic carbocycles. The zero-order valence-electron chi connectivity index (χ0n) is 7.87. The fourth-order valence-electron chi connectivity index (χ4n) is 0.861. The van der Waals surface area contributed by atoms with E-state index < -0.39 is 0 Å². The van der Waals surface area contributed by atoms with E-state index in [1.54, 1.807) is 18.2 Å². The van der Waals surface area contributed by atoms with Gasteiger partial charge in [0.15, 0.2) is 0 Å². The van der Waals surface area contributed by atoms with Crippen LogP contribution in [0, 0.1) is 23.3 Å². The third-order valence-corrected chi connectivity index (χ3v) is 1.47. The quantitative estimate of drug-likeness (QED) is 0.704. The monoisotopic (exact) mass is 174 g/mol. The average molecular weight is 174 g/mol. The molecule has 0 saturated heterocycles. The summed E-state index contributed by atoms with van der Waals surface area (Å²) < 4.78 is 5.43. The summed E-state index contributed by atoms with van der Waals surface area (Å²) in [4.78, 5) is 0. The minimum Gasteiger partial charge on any atom is -0.493 e. The normalized spacial score (nSPS) is 9.69. The lowest BCUT2D eigenvalue weighted by atomic mass is 10.2. The zero-order chi connectivity index (χ0) is 9.68. The Labute approximate surface area is 78.8 Å². The van der Waals surface area contributed by atoms with Gasteiger partial charge in [-0.3, -0.25) is 0 Å². The zero-order valence-corrected chi connectivity index (χ0v) is 7.87. The second-order valence-electron chi connectivity index (χ2n) is 3.27. The molecule has 0 atom stereocenters. The number of nitrogens with zero attached hydrogens (tertiary/aromatic N) is 1. The molecule has 13 heavy (non-hydrogen) atoms. The van der Waals surface area contributed by atoms with Gasteiger partial charge in [-0.25, -0.2) is 0 Å². The molecule has 0 aromatic heterocycles. The number of hydrogen-bond donors (Lipinski definition) is 0. The van der Waals surface area contributed by atoms with Gasteiger partial charge in [-0.1, -0.05) is 13.8 Å². The molecule has 0 amide bonds. The number of rotatable bonds is 3. The predicted molar refractivity (Wildman–Crippen MR) is 50.3 cm³/mol. The molecule has 0 aliphatic rings. The Kier molecular flexibility index (Phi) is 3.33. The summed E-state index contributed by atoms with van der Waals surface area (Å²) in [6, 6.07) is 10.0. The first-order chi connectivity index (χ1) is 6.22. The maximum atomic E-state index is 8.61. The van der Waals surface area contributed by atoms with Crippen molar-refractivity contribution in [1.82, 2.24) is 0 Å². The summed E-state index contributed by atoms with van der Waals surface area (Å²) in [5.41, 5.74) is 0.584. The molecule has 1 aromatic rings. The fourth-order valence-corrected chi connectivity index (χ4v) is 0.861. The molecule has 0 N–H and O–H groups in total. The first-order valence-corrected chi connectivity index (χ1v) is 4.26. The van der Waals surface area contributed by atoms with Gasteiger partial charge in [0, 0.05) is 0 Å². The van der Waals surface area contributed by atoms with Crippen molar-refractivity contribution in [1.29, 1.82) is 5.26 Å². The number of ether oxygens (including phenoxy) is 1. The third-order valence-electron chi connectivity index (χ3n) is 1.47. The standard InChI is InChI=1S/C11H12NO/c1-9(2)8-13-11-5-3-4-10(6-11)7-12/h4-6,9H,8H2,1-2H3. The molecular weight excluding hydrogens is 162 g/mol. The first-order valence-electron chi connectivity index (χ1n) is 4.26. The highest BCUT2D eigenvalue weighted by molar-refractivity contribution is 5.35. The minimum absolute atomic E-state index is 0.491. The second-order valence-corrected chi connectivity index (χ2v) is 3.27. The van der Waals surface area contributed by atoms with Crippen molar-refractivity contribution in [3.63, 3.8) is 0 Å². The van der Waals surface area contributed by atoms with Crippen LogP contribution in [-0.2, 0) is 0 Å². The summed E-state index contributed by atoms with van der Waals surface area (Å²) in [6.45, 7) is 4.83. The van der Waals surface area contributed by atoms with E-state index >= 15 is 0 Å². The van der Waals surface area contributed by atoms with Crippen LogP contribution in [0.2, 0.25) is 0 Å². The number of benzene rings is 1. The van der Waals surface area contributed by atoms with Crippen LogP contribution in [0.5, 0.6) is 5.75 Å². The highest BCUT2D eigenvalue weighted by Crippen LogP contribution is 2.12. The molecule has 0 bridgehead atoms. The van der Waals surface area contributed by atoms with Crippen LogP contribution in [0.25, 0.3) is 0 Å². The van der Waals surface area contributed by atoms with E-state index in [9.17, 15) is 0 Å². The molecule has 1 aromatic carbocycles. The van der Waals surface area contributed by atoms with Gasteiger partial charge in [0.05, 0.1) is 18.2 Å². The maximum absolute atomic E-state index is 8.61. The van der Waals surface area contributed by atoms with Gasteiger partial charge in [0.25, 0.3) is 0 Å². The van der Waals surface area contributed by atoms with Crippen molar-refractivity contribution in [2.45, 2.75) is 13.8 Å². The third kappa shape index (κ3) is 3.16. The maximum Gasteiger partial charge on any atom is 0.121 e. The van der Waals surface area contributed by atoms with Gasteiger partial charge in [0.2, 0.25) is 0 Å². The van der Waals surface area contributed by atoms with Gasteiger partial charge in [-0.05, 0) is 30.2 Å². The van der Waals surface area contributed by atoms with E-state index in [4.69, 9.17) is 10.00 Å². The fraction of sp³-hybridized carbons (Fsp3) is 0.364. The van der Waals surface area contributed by atoms with Crippen LogP contribution in [0.15, 0.2) is 18.2 Å². The van der Waals surface area contributed by atoms with Crippen molar-refractivity contribution in [2.75, 3.05) is 6.61 Å². The van der Waals surface area contributed by atoms with E-state index in [0.29, 0.717) is 23.8 Å². The predicted octanol–water partition coefficient (Wildman–Crippen LogP) is 2.39. The van der Waals surface area contributed by atoms with Gasteiger partial charge in [0.1, 0.15) is 5.75 Å². The minimum atomic E-state index is 0.491. The van der Waals surface area contributed by atoms with Crippen molar-refractivity contribution >= 4 is 0 Å². The molecule has 67 valence electrons. The lowest BCUT2D eigenvalue weighted by Gasteiger charge is -2.07. The Morgan fingerprint density at radius 3 is 2.92 bits per heavy atom. The second kappa shape index (κ2) is 4.51. The van der Waals surface area contributed by atoms with E-state index in [1.165, 1.54) is 0 Å². The summed E-state index contributed by atoms with van der Waals surface area (Å²) >= 11 is 0.